The number of carbonyl (C=O) groups excluding carboxylic acids is 2. The van der Waals surface area contributed by atoms with Gasteiger partial charge in [-0.05, 0) is 88.7 Å². The molecule has 0 aliphatic carbocycles. The van der Waals surface area contributed by atoms with Crippen molar-refractivity contribution in [3.8, 4) is 17.2 Å². The molecule has 2 heterocycles. The van der Waals surface area contributed by atoms with Crippen LogP contribution in [0, 0.1) is 20.8 Å². The third kappa shape index (κ3) is 4.29. The van der Waals surface area contributed by atoms with Gasteiger partial charge in [-0.25, -0.2) is 4.90 Å². The molecule has 2 N–H and O–H groups in total. The van der Waals surface area contributed by atoms with E-state index in [1.807, 2.05) is 33.9 Å². The standard InChI is InChI=1S/C27H32N2O5S/c1-14-15(2)24-22(16(3)23(14)30)19(27(5,6)34-24)12-18(28-7)13-33-21-11-9-8-10-20(21)29-25(31)17(4)35-26(29)32/h8-11,18-19,28,30H,4,12-13H2,1-3,5-7H3. The zero-order valence-corrected chi connectivity index (χ0v) is 21.8. The summed E-state index contributed by atoms with van der Waals surface area (Å²) in [5.74, 6) is 1.23. The molecule has 0 saturated carbocycles. The first kappa shape index (κ1) is 25.1. The maximum absolute atomic E-state index is 12.5. The summed E-state index contributed by atoms with van der Waals surface area (Å²) in [6.07, 6.45) is 0.704. The number of hydrogen-bond acceptors (Lipinski definition) is 7. The van der Waals surface area contributed by atoms with Gasteiger partial charge in [0, 0.05) is 17.5 Å². The average Bonchev–Trinajstić information content (AvgIpc) is 3.24. The third-order valence-corrected chi connectivity index (χ3v) is 7.90. The Balaban J connectivity index is 1.57. The van der Waals surface area contributed by atoms with Gasteiger partial charge >= 0.3 is 0 Å². The summed E-state index contributed by atoms with van der Waals surface area (Å²) in [6.45, 7) is 13.9. The van der Waals surface area contributed by atoms with Gasteiger partial charge in [-0.15, -0.1) is 0 Å². The van der Waals surface area contributed by atoms with Gasteiger partial charge in [-0.3, -0.25) is 9.59 Å². The highest BCUT2D eigenvalue weighted by Crippen LogP contribution is 2.53. The van der Waals surface area contributed by atoms with Gasteiger partial charge in [-0.2, -0.15) is 0 Å². The number of phenols is 1. The largest absolute Gasteiger partial charge is 0.507 e. The lowest BCUT2D eigenvalue weighted by Gasteiger charge is -2.30. The molecule has 186 valence electrons. The quantitative estimate of drug-likeness (QED) is 0.500. The molecule has 0 radical (unpaired) electrons. The first-order valence-corrected chi connectivity index (χ1v) is 12.5. The Morgan fingerprint density at radius 1 is 1.20 bits per heavy atom. The molecule has 1 fully saturated rings. The minimum Gasteiger partial charge on any atom is -0.507 e. The number of thioether (sulfide) groups is 1. The number of fused-ring (bicyclic) bond motifs is 1. The van der Waals surface area contributed by atoms with Crippen molar-refractivity contribution in [3.63, 3.8) is 0 Å². The number of nitrogens with zero attached hydrogens (tertiary/aromatic N) is 1. The van der Waals surface area contributed by atoms with Crippen LogP contribution in [0.3, 0.4) is 0 Å². The summed E-state index contributed by atoms with van der Waals surface area (Å²) < 4.78 is 12.6. The molecule has 4 rings (SSSR count). The number of amides is 2. The molecule has 2 aromatic rings. The van der Waals surface area contributed by atoms with Crippen molar-refractivity contribution >= 4 is 28.6 Å². The van der Waals surface area contributed by atoms with E-state index in [1.165, 1.54) is 0 Å². The summed E-state index contributed by atoms with van der Waals surface area (Å²) in [6, 6.07) is 6.96. The van der Waals surface area contributed by atoms with Gasteiger partial charge in [0.15, 0.2) is 0 Å². The Kier molecular flexibility index (Phi) is 6.64. The second-order valence-electron chi connectivity index (χ2n) is 9.66. The van der Waals surface area contributed by atoms with Crippen LogP contribution in [0.2, 0.25) is 0 Å². The zero-order chi connectivity index (χ0) is 25.7. The van der Waals surface area contributed by atoms with Crippen molar-refractivity contribution in [3.05, 3.63) is 58.0 Å². The molecule has 0 aromatic heterocycles. The van der Waals surface area contributed by atoms with Crippen LogP contribution in [-0.4, -0.2) is 41.6 Å². The molecule has 8 heteroatoms. The molecule has 1 saturated heterocycles. The van der Waals surface area contributed by atoms with Gasteiger partial charge in [0.1, 0.15) is 29.5 Å². The molecule has 2 amide bonds. The maximum Gasteiger partial charge on any atom is 0.298 e. The number of anilines is 1. The lowest BCUT2D eigenvalue weighted by Crippen LogP contribution is -2.39. The summed E-state index contributed by atoms with van der Waals surface area (Å²) >= 11 is 0.829. The Hall–Kier alpha value is -2.97. The predicted octanol–water partition coefficient (Wildman–Crippen LogP) is 5.34. The molecule has 2 unspecified atom stereocenters. The minimum absolute atomic E-state index is 0.0282. The lowest BCUT2D eigenvalue weighted by molar-refractivity contribution is -0.113. The second kappa shape index (κ2) is 9.24. The molecular formula is C27H32N2O5S. The number of benzene rings is 2. The van der Waals surface area contributed by atoms with E-state index in [9.17, 15) is 14.7 Å². The van der Waals surface area contributed by atoms with Gasteiger partial charge in [0.25, 0.3) is 11.1 Å². The van der Waals surface area contributed by atoms with Gasteiger partial charge in [0.2, 0.25) is 0 Å². The average molecular weight is 497 g/mol. The van der Waals surface area contributed by atoms with E-state index < -0.39 is 11.5 Å². The van der Waals surface area contributed by atoms with E-state index in [-0.39, 0.29) is 22.1 Å². The predicted molar refractivity (Wildman–Crippen MR) is 139 cm³/mol. The van der Waals surface area contributed by atoms with Crippen molar-refractivity contribution < 1.29 is 24.2 Å². The van der Waals surface area contributed by atoms with Crippen molar-refractivity contribution in [1.82, 2.24) is 5.32 Å². The molecule has 2 aliphatic heterocycles. The van der Waals surface area contributed by atoms with Crippen LogP contribution >= 0.6 is 11.8 Å². The van der Waals surface area contributed by atoms with Crippen LogP contribution in [-0.2, 0) is 4.79 Å². The fraction of sp³-hybridized carbons (Fsp3) is 0.407. The van der Waals surface area contributed by atoms with Crippen molar-refractivity contribution in [2.75, 3.05) is 18.6 Å². The molecule has 0 spiro atoms. The highest BCUT2D eigenvalue weighted by atomic mass is 32.2. The minimum atomic E-state index is -0.461. The molecular weight excluding hydrogens is 464 g/mol. The van der Waals surface area contributed by atoms with E-state index in [4.69, 9.17) is 9.47 Å². The molecule has 2 aliphatic rings. The Labute approximate surface area is 210 Å². The number of imide groups is 1. The van der Waals surface area contributed by atoms with E-state index in [2.05, 4.69) is 25.7 Å². The number of para-hydroxylation sites is 2. The van der Waals surface area contributed by atoms with Crippen LogP contribution in [0.1, 0.15) is 48.4 Å². The molecule has 2 atom stereocenters. The van der Waals surface area contributed by atoms with E-state index >= 15 is 0 Å². The first-order valence-electron chi connectivity index (χ1n) is 11.6. The fourth-order valence-corrected chi connectivity index (χ4v) is 5.54. The van der Waals surface area contributed by atoms with Crippen LogP contribution < -0.4 is 19.7 Å². The highest BCUT2D eigenvalue weighted by Gasteiger charge is 2.45. The normalized spacial score (nSPS) is 19.7. The van der Waals surface area contributed by atoms with Crippen LogP contribution in [0.5, 0.6) is 17.2 Å². The van der Waals surface area contributed by atoms with Crippen LogP contribution in [0.15, 0.2) is 35.7 Å². The topological polar surface area (TPSA) is 88.1 Å². The number of rotatable bonds is 7. The highest BCUT2D eigenvalue weighted by molar-refractivity contribution is 8.18. The van der Waals surface area contributed by atoms with Crippen molar-refractivity contribution in [2.45, 2.75) is 58.6 Å². The zero-order valence-electron chi connectivity index (χ0n) is 21.0. The SMILES string of the molecule is C=C1SC(=O)N(c2ccccc2OCC(CC2c3c(C)c(O)c(C)c(C)c3OC2(C)C)NC)C1=O. The van der Waals surface area contributed by atoms with Crippen molar-refractivity contribution in [2.24, 2.45) is 0 Å². The summed E-state index contributed by atoms with van der Waals surface area (Å²) in [4.78, 5) is 26.2. The monoisotopic (exact) mass is 496 g/mol. The number of nitrogens with one attached hydrogen (secondary N) is 1. The van der Waals surface area contributed by atoms with Gasteiger partial charge in [0.05, 0.1) is 10.6 Å². The number of hydrogen-bond donors (Lipinski definition) is 2. The summed E-state index contributed by atoms with van der Waals surface area (Å²) in [7, 11) is 1.88. The van der Waals surface area contributed by atoms with E-state index in [1.54, 1.807) is 18.2 Å². The van der Waals surface area contributed by atoms with Crippen LogP contribution in [0.25, 0.3) is 0 Å². The molecule has 7 nitrogen and oxygen atoms in total. The second-order valence-corrected chi connectivity index (χ2v) is 10.7. The van der Waals surface area contributed by atoms with Gasteiger partial charge in [-0.1, -0.05) is 18.7 Å². The number of ether oxygens (including phenoxy) is 2. The smallest absolute Gasteiger partial charge is 0.298 e. The van der Waals surface area contributed by atoms with Crippen LogP contribution in [0.4, 0.5) is 10.5 Å². The van der Waals surface area contributed by atoms with E-state index in [0.717, 1.165) is 44.7 Å². The molecule has 0 bridgehead atoms. The fourth-order valence-electron chi connectivity index (χ4n) is 4.88. The number of phenolic OH excluding ortho intramolecular Hbond substituents is 1. The lowest BCUT2D eigenvalue weighted by atomic mass is 9.79. The number of carbonyl (C=O) groups is 2. The van der Waals surface area contributed by atoms with Gasteiger partial charge < -0.3 is 19.9 Å². The third-order valence-electron chi connectivity index (χ3n) is 7.12. The maximum atomic E-state index is 12.5. The van der Waals surface area contributed by atoms with Crippen molar-refractivity contribution in [1.29, 1.82) is 0 Å². The number of aromatic hydroxyl groups is 1. The Bertz CT molecular complexity index is 1220. The molecule has 35 heavy (non-hydrogen) atoms. The Morgan fingerprint density at radius 3 is 2.51 bits per heavy atom. The summed E-state index contributed by atoms with van der Waals surface area (Å²) in [5.41, 5.74) is 3.64. The molecule has 2 aromatic carbocycles. The summed E-state index contributed by atoms with van der Waals surface area (Å²) in [5, 5.41) is 13.7. The van der Waals surface area contributed by atoms with E-state index in [0.29, 0.717) is 30.2 Å². The first-order chi connectivity index (χ1) is 16.5. The number of likely N-dealkylation sites (N-methyl/N-ethyl adjacent to an activating group) is 1. The Morgan fingerprint density at radius 2 is 1.89 bits per heavy atom.